The minimum atomic E-state index is -4.39. The standard InChI is InChI=1S/C9H10F3NO/c1-13-7-5-3-4-6(8(7)14-2)9(10,11)12/h3-5,13H,1-2H3. The molecular weight excluding hydrogens is 195 g/mol. The van der Waals surface area contributed by atoms with E-state index < -0.39 is 11.7 Å². The molecule has 0 aliphatic carbocycles. The van der Waals surface area contributed by atoms with E-state index in [4.69, 9.17) is 4.74 Å². The first-order valence-electron chi connectivity index (χ1n) is 3.92. The van der Waals surface area contributed by atoms with E-state index in [9.17, 15) is 13.2 Å². The fraction of sp³-hybridized carbons (Fsp3) is 0.333. The third-order valence-electron chi connectivity index (χ3n) is 1.79. The highest BCUT2D eigenvalue weighted by Gasteiger charge is 2.35. The topological polar surface area (TPSA) is 21.3 Å². The van der Waals surface area contributed by atoms with Gasteiger partial charge in [0.15, 0.2) is 5.75 Å². The van der Waals surface area contributed by atoms with Gasteiger partial charge in [-0.25, -0.2) is 0 Å². The number of anilines is 1. The Morgan fingerprint density at radius 1 is 1.29 bits per heavy atom. The minimum Gasteiger partial charge on any atom is -0.494 e. The van der Waals surface area contributed by atoms with Crippen molar-refractivity contribution in [1.82, 2.24) is 0 Å². The van der Waals surface area contributed by atoms with Crippen molar-refractivity contribution >= 4 is 5.69 Å². The first kappa shape index (κ1) is 10.7. The predicted octanol–water partition coefficient (Wildman–Crippen LogP) is 2.76. The lowest BCUT2D eigenvalue weighted by Crippen LogP contribution is -2.08. The second-order valence-electron chi connectivity index (χ2n) is 2.63. The van der Waals surface area contributed by atoms with Crippen LogP contribution in [0.1, 0.15) is 5.56 Å². The largest absolute Gasteiger partial charge is 0.494 e. The summed E-state index contributed by atoms with van der Waals surface area (Å²) in [6.07, 6.45) is -4.39. The Morgan fingerprint density at radius 3 is 2.36 bits per heavy atom. The van der Waals surface area contributed by atoms with E-state index in [1.165, 1.54) is 26.3 Å². The van der Waals surface area contributed by atoms with Gasteiger partial charge in [0.1, 0.15) is 0 Å². The lowest BCUT2D eigenvalue weighted by atomic mass is 10.1. The second-order valence-corrected chi connectivity index (χ2v) is 2.63. The maximum atomic E-state index is 12.4. The first-order chi connectivity index (χ1) is 6.50. The van der Waals surface area contributed by atoms with Crippen LogP contribution < -0.4 is 10.1 Å². The third kappa shape index (κ3) is 1.92. The Kier molecular flexibility index (Phi) is 2.88. The van der Waals surface area contributed by atoms with E-state index >= 15 is 0 Å². The van der Waals surface area contributed by atoms with Crippen molar-refractivity contribution < 1.29 is 17.9 Å². The second kappa shape index (κ2) is 3.77. The Bertz CT molecular complexity index is 322. The molecule has 0 spiro atoms. The van der Waals surface area contributed by atoms with Gasteiger partial charge >= 0.3 is 6.18 Å². The van der Waals surface area contributed by atoms with Crippen molar-refractivity contribution in [2.45, 2.75) is 6.18 Å². The van der Waals surface area contributed by atoms with Gasteiger partial charge < -0.3 is 10.1 Å². The van der Waals surface area contributed by atoms with Gasteiger partial charge in [0, 0.05) is 7.05 Å². The van der Waals surface area contributed by atoms with Gasteiger partial charge in [-0.15, -0.1) is 0 Å². The van der Waals surface area contributed by atoms with Crippen LogP contribution in [0.3, 0.4) is 0 Å². The number of rotatable bonds is 2. The molecule has 0 unspecified atom stereocenters. The van der Waals surface area contributed by atoms with Gasteiger partial charge in [-0.3, -0.25) is 0 Å². The number of hydrogen-bond acceptors (Lipinski definition) is 2. The van der Waals surface area contributed by atoms with Gasteiger partial charge in [0.2, 0.25) is 0 Å². The SMILES string of the molecule is CNc1cccc(C(F)(F)F)c1OC. The molecule has 2 nitrogen and oxygen atoms in total. The number of benzene rings is 1. The van der Waals surface area contributed by atoms with E-state index in [0.717, 1.165) is 6.07 Å². The van der Waals surface area contributed by atoms with Crippen molar-refractivity contribution in [3.63, 3.8) is 0 Å². The molecule has 0 bridgehead atoms. The van der Waals surface area contributed by atoms with E-state index in [-0.39, 0.29) is 5.75 Å². The van der Waals surface area contributed by atoms with Crippen molar-refractivity contribution in [3.8, 4) is 5.75 Å². The monoisotopic (exact) mass is 205 g/mol. The molecule has 0 fully saturated rings. The van der Waals surface area contributed by atoms with E-state index in [1.807, 2.05) is 0 Å². The summed E-state index contributed by atoms with van der Waals surface area (Å²) in [6.45, 7) is 0. The molecule has 0 aromatic heterocycles. The number of para-hydroxylation sites is 1. The third-order valence-corrected chi connectivity index (χ3v) is 1.79. The maximum absolute atomic E-state index is 12.4. The van der Waals surface area contributed by atoms with Crippen molar-refractivity contribution in [3.05, 3.63) is 23.8 Å². The number of hydrogen-bond donors (Lipinski definition) is 1. The molecule has 0 aliphatic heterocycles. The van der Waals surface area contributed by atoms with Gasteiger partial charge in [-0.05, 0) is 12.1 Å². The number of ether oxygens (including phenoxy) is 1. The molecule has 0 atom stereocenters. The Morgan fingerprint density at radius 2 is 1.93 bits per heavy atom. The molecule has 1 aromatic rings. The Labute approximate surface area is 79.7 Å². The molecule has 0 saturated heterocycles. The molecule has 14 heavy (non-hydrogen) atoms. The molecule has 0 aliphatic rings. The van der Waals surface area contributed by atoms with E-state index in [2.05, 4.69) is 5.32 Å². The number of nitrogens with one attached hydrogen (secondary N) is 1. The van der Waals surface area contributed by atoms with Crippen LogP contribution in [0.25, 0.3) is 0 Å². The summed E-state index contributed by atoms with van der Waals surface area (Å²) in [5, 5.41) is 2.63. The van der Waals surface area contributed by atoms with E-state index in [1.54, 1.807) is 0 Å². The highest BCUT2D eigenvalue weighted by molar-refractivity contribution is 5.60. The zero-order valence-electron chi connectivity index (χ0n) is 7.77. The van der Waals surface area contributed by atoms with Crippen LogP contribution in [0.15, 0.2) is 18.2 Å². The zero-order chi connectivity index (χ0) is 10.8. The van der Waals surface area contributed by atoms with Crippen LogP contribution in [0.4, 0.5) is 18.9 Å². The summed E-state index contributed by atoms with van der Waals surface area (Å²) in [4.78, 5) is 0. The Hall–Kier alpha value is -1.39. The maximum Gasteiger partial charge on any atom is 0.420 e. The summed E-state index contributed by atoms with van der Waals surface area (Å²) in [6, 6.07) is 3.84. The van der Waals surface area contributed by atoms with Gasteiger partial charge in [0.25, 0.3) is 0 Å². The van der Waals surface area contributed by atoms with Crippen LogP contribution >= 0.6 is 0 Å². The zero-order valence-corrected chi connectivity index (χ0v) is 7.77. The predicted molar refractivity (Wildman–Crippen MR) is 47.5 cm³/mol. The molecule has 0 heterocycles. The highest BCUT2D eigenvalue weighted by atomic mass is 19.4. The van der Waals surface area contributed by atoms with Crippen molar-refractivity contribution in [1.29, 1.82) is 0 Å². The summed E-state index contributed by atoms with van der Waals surface area (Å²) >= 11 is 0. The lowest BCUT2D eigenvalue weighted by molar-refractivity contribution is -0.138. The molecule has 1 rings (SSSR count). The molecule has 0 radical (unpaired) electrons. The molecule has 1 aromatic carbocycles. The van der Waals surface area contributed by atoms with E-state index in [0.29, 0.717) is 5.69 Å². The van der Waals surface area contributed by atoms with Crippen LogP contribution in [0, 0.1) is 0 Å². The molecule has 78 valence electrons. The molecule has 0 saturated carbocycles. The van der Waals surface area contributed by atoms with Gasteiger partial charge in [-0.2, -0.15) is 13.2 Å². The van der Waals surface area contributed by atoms with Crippen LogP contribution in [-0.4, -0.2) is 14.2 Å². The van der Waals surface area contributed by atoms with Crippen LogP contribution in [0.5, 0.6) is 5.75 Å². The highest BCUT2D eigenvalue weighted by Crippen LogP contribution is 2.39. The molecule has 1 N–H and O–H groups in total. The number of alkyl halides is 3. The number of halogens is 3. The summed E-state index contributed by atoms with van der Waals surface area (Å²) in [5.74, 6) is -0.178. The summed E-state index contributed by atoms with van der Waals surface area (Å²) in [5.41, 5.74) is -0.450. The summed E-state index contributed by atoms with van der Waals surface area (Å²) < 4.78 is 42.0. The molecule has 5 heteroatoms. The lowest BCUT2D eigenvalue weighted by Gasteiger charge is -2.14. The van der Waals surface area contributed by atoms with Gasteiger partial charge in [0.05, 0.1) is 18.4 Å². The normalized spacial score (nSPS) is 11.2. The van der Waals surface area contributed by atoms with Crippen LogP contribution in [-0.2, 0) is 6.18 Å². The van der Waals surface area contributed by atoms with Crippen LogP contribution in [0.2, 0.25) is 0 Å². The number of methoxy groups -OCH3 is 1. The average Bonchev–Trinajstić information content (AvgIpc) is 2.15. The van der Waals surface area contributed by atoms with Crippen molar-refractivity contribution in [2.24, 2.45) is 0 Å². The fourth-order valence-electron chi connectivity index (χ4n) is 1.18. The fourth-order valence-corrected chi connectivity index (χ4v) is 1.18. The van der Waals surface area contributed by atoms with Gasteiger partial charge in [-0.1, -0.05) is 6.07 Å². The quantitative estimate of drug-likeness (QED) is 0.801. The van der Waals surface area contributed by atoms with Crippen molar-refractivity contribution in [2.75, 3.05) is 19.5 Å². The summed E-state index contributed by atoms with van der Waals surface area (Å²) in [7, 11) is 2.75. The Balaban J connectivity index is 3.29. The average molecular weight is 205 g/mol. The molecule has 0 amide bonds. The smallest absolute Gasteiger partial charge is 0.420 e. The first-order valence-corrected chi connectivity index (χ1v) is 3.92. The molecular formula is C9H10F3NO. The minimum absolute atomic E-state index is 0.178.